The first-order chi connectivity index (χ1) is 4.34. The van der Waals surface area contributed by atoms with E-state index in [0.29, 0.717) is 0 Å². The minimum absolute atomic E-state index is 0.0694. The van der Waals surface area contributed by atoms with Gasteiger partial charge in [-0.2, -0.15) is 0 Å². The smallest absolute Gasteiger partial charge is 0.0574 e. The van der Waals surface area contributed by atoms with Crippen molar-refractivity contribution in [2.75, 3.05) is 0 Å². The number of rotatable bonds is 1. The maximum Gasteiger partial charge on any atom is 0.0574 e. The molecule has 0 radical (unpaired) electrons. The first-order valence-electron chi connectivity index (χ1n) is 4.02. The monoisotopic (exact) mass is 126 g/mol. The van der Waals surface area contributed by atoms with Crippen molar-refractivity contribution in [3.05, 3.63) is 0 Å². The third kappa shape index (κ3) is 0.644. The molecular weight excluding hydrogens is 112 g/mol. The fourth-order valence-electron chi connectivity index (χ4n) is 2.58. The van der Waals surface area contributed by atoms with Gasteiger partial charge in [-0.25, -0.2) is 0 Å². The second kappa shape index (κ2) is 1.72. The van der Waals surface area contributed by atoms with Crippen LogP contribution >= 0.6 is 0 Å². The van der Waals surface area contributed by atoms with E-state index in [-0.39, 0.29) is 6.10 Å². The molecule has 2 aliphatic rings. The van der Waals surface area contributed by atoms with Gasteiger partial charge < -0.3 is 5.11 Å². The molecule has 1 N–H and O–H groups in total. The minimum Gasteiger partial charge on any atom is -0.393 e. The fraction of sp³-hybridized carbons (Fsp3) is 1.00. The first-order valence-corrected chi connectivity index (χ1v) is 4.02. The van der Waals surface area contributed by atoms with Crippen molar-refractivity contribution in [1.29, 1.82) is 0 Å². The zero-order chi connectivity index (χ0) is 6.43. The summed E-state index contributed by atoms with van der Waals surface area (Å²) in [5.74, 6) is 2.54. The van der Waals surface area contributed by atoms with E-state index < -0.39 is 0 Å². The molecule has 2 fully saturated rings. The summed E-state index contributed by atoms with van der Waals surface area (Å²) in [5, 5.41) is 9.34. The van der Waals surface area contributed by atoms with Gasteiger partial charge in [0, 0.05) is 0 Å². The number of aliphatic hydroxyl groups excluding tert-OH is 1. The minimum atomic E-state index is 0.0694. The van der Waals surface area contributed by atoms with E-state index in [1.807, 2.05) is 0 Å². The van der Waals surface area contributed by atoms with Gasteiger partial charge in [0.1, 0.15) is 0 Å². The average Bonchev–Trinajstić information content (AvgIpc) is 2.46. The molecule has 0 aromatic carbocycles. The summed E-state index contributed by atoms with van der Waals surface area (Å²) < 4.78 is 0. The first kappa shape index (κ1) is 5.72. The van der Waals surface area contributed by atoms with Crippen molar-refractivity contribution in [2.45, 2.75) is 32.3 Å². The topological polar surface area (TPSA) is 20.2 Å². The molecular formula is C8H14O. The maximum absolute atomic E-state index is 9.34. The number of fused-ring (bicyclic) bond motifs is 1. The van der Waals surface area contributed by atoms with Crippen molar-refractivity contribution < 1.29 is 5.11 Å². The quantitative estimate of drug-likeness (QED) is 0.563. The van der Waals surface area contributed by atoms with Crippen molar-refractivity contribution in [2.24, 2.45) is 17.8 Å². The van der Waals surface area contributed by atoms with E-state index in [1.54, 1.807) is 0 Å². The van der Waals surface area contributed by atoms with Gasteiger partial charge in [0.25, 0.3) is 0 Å². The van der Waals surface area contributed by atoms with Crippen molar-refractivity contribution in [1.82, 2.24) is 0 Å². The Morgan fingerprint density at radius 3 is 2.56 bits per heavy atom. The van der Waals surface area contributed by atoms with E-state index in [4.69, 9.17) is 0 Å². The van der Waals surface area contributed by atoms with Gasteiger partial charge in [0.15, 0.2) is 0 Å². The van der Waals surface area contributed by atoms with Gasteiger partial charge in [0.05, 0.1) is 6.10 Å². The normalized spacial score (nSPS) is 55.3. The van der Waals surface area contributed by atoms with E-state index in [2.05, 4.69) is 6.92 Å². The highest BCUT2D eigenvalue weighted by molar-refractivity contribution is 5.04. The average molecular weight is 126 g/mol. The second-order valence-electron chi connectivity index (χ2n) is 3.46. The Labute approximate surface area is 56.1 Å². The zero-order valence-corrected chi connectivity index (χ0v) is 5.88. The van der Waals surface area contributed by atoms with Crippen LogP contribution in [0.4, 0.5) is 0 Å². The third-order valence-electron chi connectivity index (χ3n) is 3.11. The molecule has 0 unspecified atom stereocenters. The standard InChI is InChI=1S/C8H14O/c1-2-5-6-3-4-7(9)8(5)6/h5-9H,2-4H2,1H3/t5-,6+,7-,8-/m0/s1. The molecule has 0 spiro atoms. The van der Waals surface area contributed by atoms with Crippen LogP contribution in [0.15, 0.2) is 0 Å². The molecule has 0 aromatic rings. The number of aliphatic hydroxyl groups is 1. The highest BCUT2D eigenvalue weighted by Crippen LogP contribution is 2.58. The van der Waals surface area contributed by atoms with E-state index in [9.17, 15) is 5.11 Å². The van der Waals surface area contributed by atoms with Crippen LogP contribution in [-0.2, 0) is 0 Å². The highest BCUT2D eigenvalue weighted by Gasteiger charge is 2.55. The van der Waals surface area contributed by atoms with Crippen LogP contribution in [0.2, 0.25) is 0 Å². The lowest BCUT2D eigenvalue weighted by Crippen LogP contribution is -2.06. The summed E-state index contributed by atoms with van der Waals surface area (Å²) >= 11 is 0. The summed E-state index contributed by atoms with van der Waals surface area (Å²) in [7, 11) is 0. The number of hydrogen-bond donors (Lipinski definition) is 1. The molecule has 0 amide bonds. The molecule has 1 nitrogen and oxygen atoms in total. The molecule has 0 saturated heterocycles. The maximum atomic E-state index is 9.34. The van der Waals surface area contributed by atoms with Gasteiger partial charge in [0.2, 0.25) is 0 Å². The largest absolute Gasteiger partial charge is 0.393 e. The van der Waals surface area contributed by atoms with Gasteiger partial charge >= 0.3 is 0 Å². The summed E-state index contributed by atoms with van der Waals surface area (Å²) in [6.45, 7) is 2.23. The van der Waals surface area contributed by atoms with Crippen molar-refractivity contribution in [3.8, 4) is 0 Å². The molecule has 0 aromatic heterocycles. The molecule has 1 heteroatoms. The van der Waals surface area contributed by atoms with Crippen LogP contribution in [-0.4, -0.2) is 11.2 Å². The SMILES string of the molecule is CC[C@H]1[C@H]2CC[C@H](O)[C@H]21. The van der Waals surface area contributed by atoms with Crippen LogP contribution in [0, 0.1) is 17.8 Å². The Kier molecular flexibility index (Phi) is 1.10. The Morgan fingerprint density at radius 2 is 2.22 bits per heavy atom. The van der Waals surface area contributed by atoms with Crippen LogP contribution < -0.4 is 0 Å². The Bertz CT molecular complexity index is 118. The molecule has 0 heterocycles. The van der Waals surface area contributed by atoms with Crippen molar-refractivity contribution >= 4 is 0 Å². The summed E-state index contributed by atoms with van der Waals surface area (Å²) in [5.41, 5.74) is 0. The van der Waals surface area contributed by atoms with Crippen LogP contribution in [0.3, 0.4) is 0 Å². The van der Waals surface area contributed by atoms with E-state index >= 15 is 0 Å². The zero-order valence-electron chi connectivity index (χ0n) is 5.88. The molecule has 52 valence electrons. The van der Waals surface area contributed by atoms with Crippen LogP contribution in [0.5, 0.6) is 0 Å². The van der Waals surface area contributed by atoms with Crippen LogP contribution in [0.25, 0.3) is 0 Å². The lowest BCUT2D eigenvalue weighted by Gasteiger charge is -2.04. The van der Waals surface area contributed by atoms with E-state index in [1.165, 1.54) is 12.8 Å². The lowest BCUT2D eigenvalue weighted by molar-refractivity contribution is 0.149. The molecule has 4 atom stereocenters. The summed E-state index contributed by atoms with van der Waals surface area (Å²) in [6, 6.07) is 0. The van der Waals surface area contributed by atoms with Gasteiger partial charge in [-0.3, -0.25) is 0 Å². The Hall–Kier alpha value is -0.0400. The van der Waals surface area contributed by atoms with Gasteiger partial charge in [-0.15, -0.1) is 0 Å². The second-order valence-corrected chi connectivity index (χ2v) is 3.46. The van der Waals surface area contributed by atoms with E-state index in [0.717, 1.165) is 24.2 Å². The Morgan fingerprint density at radius 1 is 1.44 bits per heavy atom. The highest BCUT2D eigenvalue weighted by atomic mass is 16.3. The fourth-order valence-corrected chi connectivity index (χ4v) is 2.58. The third-order valence-corrected chi connectivity index (χ3v) is 3.11. The van der Waals surface area contributed by atoms with Gasteiger partial charge in [-0.05, 0) is 30.6 Å². The van der Waals surface area contributed by atoms with Crippen molar-refractivity contribution in [3.63, 3.8) is 0 Å². The molecule has 2 saturated carbocycles. The molecule has 2 rings (SSSR count). The predicted molar refractivity (Wildman–Crippen MR) is 36.0 cm³/mol. The van der Waals surface area contributed by atoms with Gasteiger partial charge in [-0.1, -0.05) is 13.3 Å². The lowest BCUT2D eigenvalue weighted by atomic mass is 10.1. The number of hydrogen-bond acceptors (Lipinski definition) is 1. The molecule has 0 bridgehead atoms. The van der Waals surface area contributed by atoms with Crippen LogP contribution in [0.1, 0.15) is 26.2 Å². The molecule has 2 aliphatic carbocycles. The predicted octanol–water partition coefficient (Wildman–Crippen LogP) is 1.41. The summed E-state index contributed by atoms with van der Waals surface area (Å²) in [6.07, 6.45) is 3.72. The Balaban J connectivity index is 1.98. The summed E-state index contributed by atoms with van der Waals surface area (Å²) in [4.78, 5) is 0. The molecule has 0 aliphatic heterocycles. The molecule has 9 heavy (non-hydrogen) atoms.